The zero-order chi connectivity index (χ0) is 32.1. The van der Waals surface area contributed by atoms with Gasteiger partial charge >= 0.3 is 18.3 Å². The predicted molar refractivity (Wildman–Crippen MR) is 150 cm³/mol. The SMILES string of the molecule is O=C(O)CCN1CC2(C1)CN(S(=O)(=O)c1cccc(C(F)(F)F)c1)c1cc(/C=C/c3c(Cl)cccc3C(F)(F)F)ccc1O2. The Kier molecular flexibility index (Phi) is 8.14. The minimum Gasteiger partial charge on any atom is -0.481 e. The number of fused-ring (bicyclic) bond motifs is 1. The van der Waals surface area contributed by atoms with Crippen molar-refractivity contribution < 1.29 is 49.4 Å². The molecule has 1 spiro atoms. The molecule has 3 aromatic carbocycles. The number of carboxylic acid groups (broad SMARTS) is 1. The maximum absolute atomic E-state index is 13.9. The number of aliphatic carboxylic acids is 1. The maximum Gasteiger partial charge on any atom is 0.417 e. The van der Waals surface area contributed by atoms with Gasteiger partial charge in [-0.05, 0) is 48.0 Å². The molecule has 0 bridgehead atoms. The molecule has 2 aliphatic heterocycles. The minimum atomic E-state index is -4.81. The Balaban J connectivity index is 1.55. The van der Waals surface area contributed by atoms with Gasteiger partial charge < -0.3 is 9.84 Å². The number of sulfonamides is 1. The molecule has 7 nitrogen and oxygen atoms in total. The number of nitrogens with zero attached hydrogens (tertiary/aromatic N) is 2. The molecule has 234 valence electrons. The van der Waals surface area contributed by atoms with Crippen LogP contribution in [0.4, 0.5) is 32.0 Å². The van der Waals surface area contributed by atoms with Crippen LogP contribution in [0.15, 0.2) is 65.6 Å². The van der Waals surface area contributed by atoms with E-state index in [0.29, 0.717) is 6.07 Å². The van der Waals surface area contributed by atoms with Crippen molar-refractivity contribution in [3.63, 3.8) is 0 Å². The van der Waals surface area contributed by atoms with Crippen molar-refractivity contribution in [1.29, 1.82) is 0 Å². The van der Waals surface area contributed by atoms with E-state index in [0.717, 1.165) is 40.7 Å². The lowest BCUT2D eigenvalue weighted by molar-refractivity contribution is -0.139. The molecule has 2 heterocycles. The van der Waals surface area contributed by atoms with Gasteiger partial charge in [0.2, 0.25) is 0 Å². The Morgan fingerprint density at radius 3 is 2.32 bits per heavy atom. The minimum absolute atomic E-state index is 0.0330. The molecule has 1 saturated heterocycles. The number of hydrogen-bond donors (Lipinski definition) is 1. The number of halogens is 7. The highest BCUT2D eigenvalue weighted by Gasteiger charge is 2.52. The van der Waals surface area contributed by atoms with E-state index in [1.807, 2.05) is 0 Å². The van der Waals surface area contributed by atoms with Gasteiger partial charge in [0.15, 0.2) is 5.60 Å². The van der Waals surface area contributed by atoms with Crippen LogP contribution < -0.4 is 9.04 Å². The standard InChI is InChI=1S/C29H23ClF6N2O5S/c30-23-6-2-5-22(29(34,35)36)21(23)9-7-18-8-10-25-24(13-18)38(17-27(43-25)15-37(16-27)12-11-26(39)40)44(41,42)20-4-1-3-19(14-20)28(31,32)33/h1-10,13-14H,11-12,15-17H2,(H,39,40)/b9-7+. The van der Waals surface area contributed by atoms with Gasteiger partial charge in [0.05, 0.1) is 34.7 Å². The number of anilines is 1. The Hall–Kier alpha value is -3.75. The second-order valence-corrected chi connectivity index (χ2v) is 12.7. The topological polar surface area (TPSA) is 87.2 Å². The summed E-state index contributed by atoms with van der Waals surface area (Å²) in [5.74, 6) is -0.940. The summed E-state index contributed by atoms with van der Waals surface area (Å²) in [6.07, 6.45) is -7.22. The first-order valence-corrected chi connectivity index (χ1v) is 14.8. The molecule has 44 heavy (non-hydrogen) atoms. The molecule has 0 amide bonds. The summed E-state index contributed by atoms with van der Waals surface area (Å²) < 4.78 is 116. The van der Waals surface area contributed by atoms with E-state index in [1.165, 1.54) is 30.3 Å². The van der Waals surface area contributed by atoms with Gasteiger partial charge in [-0.2, -0.15) is 26.3 Å². The monoisotopic (exact) mass is 660 g/mol. The first-order chi connectivity index (χ1) is 20.5. The number of hydrogen-bond acceptors (Lipinski definition) is 5. The van der Waals surface area contributed by atoms with Crippen LogP contribution in [0.2, 0.25) is 5.02 Å². The second kappa shape index (κ2) is 11.3. The highest BCUT2D eigenvalue weighted by atomic mass is 35.5. The normalized spacial score (nSPS) is 16.9. The Bertz CT molecular complexity index is 1740. The fourth-order valence-electron chi connectivity index (χ4n) is 5.18. The Morgan fingerprint density at radius 2 is 1.66 bits per heavy atom. The highest BCUT2D eigenvalue weighted by Crippen LogP contribution is 2.44. The summed E-state index contributed by atoms with van der Waals surface area (Å²) in [5, 5.41) is 8.83. The summed E-state index contributed by atoms with van der Waals surface area (Å²) in [6, 6.07) is 10.8. The molecular weight excluding hydrogens is 638 g/mol. The van der Waals surface area contributed by atoms with Gasteiger partial charge in [-0.15, -0.1) is 0 Å². The summed E-state index contributed by atoms with van der Waals surface area (Å²) in [5.41, 5.74) is -3.33. The van der Waals surface area contributed by atoms with Crippen LogP contribution in [0, 0.1) is 0 Å². The van der Waals surface area contributed by atoms with Crippen molar-refractivity contribution in [1.82, 2.24) is 4.90 Å². The van der Waals surface area contributed by atoms with Gasteiger partial charge in [-0.3, -0.25) is 14.0 Å². The number of likely N-dealkylation sites (tertiary alicyclic amines) is 1. The lowest BCUT2D eigenvalue weighted by atomic mass is 9.91. The van der Waals surface area contributed by atoms with E-state index in [2.05, 4.69) is 0 Å². The first-order valence-electron chi connectivity index (χ1n) is 13.0. The molecular formula is C29H23ClF6N2O5S. The summed E-state index contributed by atoms with van der Waals surface area (Å²) in [7, 11) is -4.62. The first kappa shape index (κ1) is 31.7. The van der Waals surface area contributed by atoms with Crippen LogP contribution >= 0.6 is 11.6 Å². The lowest BCUT2D eigenvalue weighted by Crippen LogP contribution is -2.71. The van der Waals surface area contributed by atoms with Crippen molar-refractivity contribution in [2.45, 2.75) is 29.3 Å². The predicted octanol–water partition coefficient (Wildman–Crippen LogP) is 6.66. The van der Waals surface area contributed by atoms with Crippen LogP contribution in [0.25, 0.3) is 12.2 Å². The number of carboxylic acids is 1. The second-order valence-electron chi connectivity index (χ2n) is 10.4. The Morgan fingerprint density at radius 1 is 0.955 bits per heavy atom. The van der Waals surface area contributed by atoms with Crippen LogP contribution in [-0.4, -0.2) is 56.2 Å². The summed E-state index contributed by atoms with van der Waals surface area (Å²) in [6.45, 7) is 0.183. The van der Waals surface area contributed by atoms with Gasteiger partial charge in [0, 0.05) is 30.2 Å². The van der Waals surface area contributed by atoms with Crippen LogP contribution in [0.3, 0.4) is 0 Å². The quantitative estimate of drug-likeness (QED) is 0.225. The number of alkyl halides is 6. The van der Waals surface area contributed by atoms with E-state index in [1.54, 1.807) is 4.90 Å². The van der Waals surface area contributed by atoms with E-state index in [4.69, 9.17) is 21.4 Å². The molecule has 15 heteroatoms. The van der Waals surface area contributed by atoms with Crippen LogP contribution in [0.5, 0.6) is 5.75 Å². The van der Waals surface area contributed by atoms with Crippen LogP contribution in [-0.2, 0) is 27.2 Å². The van der Waals surface area contributed by atoms with Crippen molar-refractivity contribution in [3.05, 3.63) is 87.9 Å². The molecule has 0 aliphatic carbocycles. The third-order valence-corrected chi connectivity index (χ3v) is 9.31. The van der Waals surface area contributed by atoms with E-state index in [9.17, 15) is 39.6 Å². The van der Waals surface area contributed by atoms with Crippen molar-refractivity contribution in [2.75, 3.05) is 30.5 Å². The van der Waals surface area contributed by atoms with Crippen molar-refractivity contribution >= 4 is 45.4 Å². The average molecular weight is 661 g/mol. The molecule has 5 rings (SSSR count). The molecule has 0 radical (unpaired) electrons. The number of ether oxygens (including phenoxy) is 1. The molecule has 0 atom stereocenters. The van der Waals surface area contributed by atoms with E-state index >= 15 is 0 Å². The fourth-order valence-corrected chi connectivity index (χ4v) is 7.01. The molecule has 0 saturated carbocycles. The third kappa shape index (κ3) is 6.37. The lowest BCUT2D eigenvalue weighted by Gasteiger charge is -2.54. The fraction of sp³-hybridized carbons (Fsp3) is 0.276. The largest absolute Gasteiger partial charge is 0.481 e. The number of rotatable bonds is 7. The smallest absolute Gasteiger partial charge is 0.417 e. The van der Waals surface area contributed by atoms with E-state index in [-0.39, 0.29) is 60.2 Å². The van der Waals surface area contributed by atoms with Gasteiger partial charge in [-0.25, -0.2) is 8.42 Å². The number of benzene rings is 3. The zero-order valence-corrected chi connectivity index (χ0v) is 24.1. The summed E-state index contributed by atoms with van der Waals surface area (Å²) >= 11 is 6.04. The summed E-state index contributed by atoms with van der Waals surface area (Å²) in [4.78, 5) is 12.1. The molecule has 0 aromatic heterocycles. The Labute approximate surface area is 253 Å². The number of carbonyl (C=O) groups is 1. The van der Waals surface area contributed by atoms with Gasteiger partial charge in [-0.1, -0.05) is 42.0 Å². The maximum atomic E-state index is 13.9. The van der Waals surface area contributed by atoms with Gasteiger partial charge in [0.1, 0.15) is 5.75 Å². The van der Waals surface area contributed by atoms with Crippen molar-refractivity contribution in [2.24, 2.45) is 0 Å². The molecule has 1 fully saturated rings. The van der Waals surface area contributed by atoms with Crippen molar-refractivity contribution in [3.8, 4) is 5.75 Å². The van der Waals surface area contributed by atoms with E-state index < -0.39 is 50.0 Å². The third-order valence-electron chi connectivity index (χ3n) is 7.23. The van der Waals surface area contributed by atoms with Gasteiger partial charge in [0.25, 0.3) is 10.0 Å². The zero-order valence-electron chi connectivity index (χ0n) is 22.5. The molecule has 1 N–H and O–H groups in total. The highest BCUT2D eigenvalue weighted by molar-refractivity contribution is 7.92. The molecule has 3 aromatic rings. The molecule has 2 aliphatic rings. The molecule has 0 unspecified atom stereocenters. The van der Waals surface area contributed by atoms with Crippen LogP contribution in [0.1, 0.15) is 28.7 Å². The average Bonchev–Trinajstić information content (AvgIpc) is 2.92.